The molecule has 1 saturated carbocycles. The summed E-state index contributed by atoms with van der Waals surface area (Å²) in [7, 11) is 0.297. The van der Waals surface area contributed by atoms with Crippen molar-refractivity contribution in [3.63, 3.8) is 0 Å². The average Bonchev–Trinajstić information content (AvgIpc) is 3.49. The molecule has 1 amide bonds. The Labute approximate surface area is 190 Å². The summed E-state index contributed by atoms with van der Waals surface area (Å²) in [6.45, 7) is 1.85. The second-order valence-corrected chi connectivity index (χ2v) is 12.1. The van der Waals surface area contributed by atoms with Gasteiger partial charge in [-0.2, -0.15) is 17.0 Å². The molecule has 1 aromatic heterocycles. The van der Waals surface area contributed by atoms with Crippen LogP contribution in [0, 0.1) is 0 Å². The van der Waals surface area contributed by atoms with Gasteiger partial charge in [-0.05, 0) is 71.5 Å². The summed E-state index contributed by atoms with van der Waals surface area (Å²) in [6.07, 6.45) is 7.96. The first-order valence-electron chi connectivity index (χ1n) is 12.1. The van der Waals surface area contributed by atoms with Gasteiger partial charge in [-0.15, -0.1) is 0 Å². The van der Waals surface area contributed by atoms with Gasteiger partial charge < -0.3 is 14.7 Å². The summed E-state index contributed by atoms with van der Waals surface area (Å²) in [5, 5.41) is 7.05. The minimum Gasteiger partial charge on any atom is -0.360 e. The minimum atomic E-state index is -3.53. The Bertz CT molecular complexity index is 924. The Kier molecular flexibility index (Phi) is 6.06. The molecule has 0 spiro atoms. The van der Waals surface area contributed by atoms with Crippen LogP contribution in [0.5, 0.6) is 0 Å². The standard InChI is InChI=1S/C22H35N5O4S/c1-25-10-8-17(9-11-25)26(2)32(29,30)27-18-4-3-5-19(27)13-16(12-18)23-22(28)20-14-21(31-24-20)15-6-7-15/h14-19H,3-13H2,1-2H3,(H,23,28)/t18-,19-/m0/s1. The van der Waals surface area contributed by atoms with Gasteiger partial charge in [0.1, 0.15) is 5.76 Å². The normalized spacial score (nSPS) is 30.5. The van der Waals surface area contributed by atoms with Gasteiger partial charge in [0, 0.05) is 43.2 Å². The highest BCUT2D eigenvalue weighted by atomic mass is 32.2. The zero-order chi connectivity index (χ0) is 22.5. The molecule has 0 aromatic carbocycles. The average molecular weight is 466 g/mol. The van der Waals surface area contributed by atoms with Crippen molar-refractivity contribution >= 4 is 16.1 Å². The van der Waals surface area contributed by atoms with Crippen LogP contribution in [0.25, 0.3) is 0 Å². The molecule has 0 unspecified atom stereocenters. The van der Waals surface area contributed by atoms with Crippen LogP contribution in [0.1, 0.15) is 80.0 Å². The third-order valence-corrected chi connectivity index (χ3v) is 9.97. The molecule has 1 aromatic rings. The molecule has 3 aliphatic heterocycles. The lowest BCUT2D eigenvalue weighted by Gasteiger charge is -2.49. The molecule has 4 aliphatic rings. The summed E-state index contributed by atoms with van der Waals surface area (Å²) in [6, 6.07) is 1.64. The summed E-state index contributed by atoms with van der Waals surface area (Å²) < 4.78 is 36.0. The third kappa shape index (κ3) is 4.34. The lowest BCUT2D eigenvalue weighted by atomic mass is 9.84. The molecule has 1 aliphatic carbocycles. The fourth-order valence-electron chi connectivity index (χ4n) is 5.74. The predicted molar refractivity (Wildman–Crippen MR) is 119 cm³/mol. The van der Waals surface area contributed by atoms with E-state index in [9.17, 15) is 13.2 Å². The minimum absolute atomic E-state index is 0.0426. The summed E-state index contributed by atoms with van der Waals surface area (Å²) in [4.78, 5) is 15.0. The van der Waals surface area contributed by atoms with E-state index in [1.165, 1.54) is 0 Å². The van der Waals surface area contributed by atoms with Crippen LogP contribution < -0.4 is 5.32 Å². The van der Waals surface area contributed by atoms with Gasteiger partial charge in [0.2, 0.25) is 0 Å². The fourth-order valence-corrected chi connectivity index (χ4v) is 7.77. The molecular formula is C22H35N5O4S. The van der Waals surface area contributed by atoms with Crippen LogP contribution >= 0.6 is 0 Å². The molecule has 1 N–H and O–H groups in total. The van der Waals surface area contributed by atoms with Crippen molar-refractivity contribution < 1.29 is 17.7 Å². The van der Waals surface area contributed by atoms with Crippen molar-refractivity contribution in [2.75, 3.05) is 27.2 Å². The lowest BCUT2D eigenvalue weighted by molar-refractivity contribution is 0.0749. The van der Waals surface area contributed by atoms with E-state index in [-0.39, 0.29) is 30.1 Å². The summed E-state index contributed by atoms with van der Waals surface area (Å²) in [5.74, 6) is 0.992. The van der Waals surface area contributed by atoms with Crippen molar-refractivity contribution in [3.05, 3.63) is 17.5 Å². The summed E-state index contributed by atoms with van der Waals surface area (Å²) in [5.41, 5.74) is 0.328. The molecule has 5 rings (SSSR count). The van der Waals surface area contributed by atoms with Gasteiger partial charge in [-0.25, -0.2) is 0 Å². The smallest absolute Gasteiger partial charge is 0.282 e. The Morgan fingerprint density at radius 2 is 1.78 bits per heavy atom. The monoisotopic (exact) mass is 465 g/mol. The lowest BCUT2D eigenvalue weighted by Crippen LogP contribution is -2.62. The molecule has 4 fully saturated rings. The first-order valence-corrected chi connectivity index (χ1v) is 13.4. The number of nitrogens with zero attached hydrogens (tertiary/aromatic N) is 4. The number of rotatable bonds is 6. The van der Waals surface area contributed by atoms with E-state index in [4.69, 9.17) is 4.52 Å². The first kappa shape index (κ1) is 22.3. The number of piperidine rings is 3. The van der Waals surface area contributed by atoms with Gasteiger partial charge in [-0.1, -0.05) is 11.6 Å². The van der Waals surface area contributed by atoms with Crippen molar-refractivity contribution in [1.29, 1.82) is 0 Å². The molecule has 9 nitrogen and oxygen atoms in total. The van der Waals surface area contributed by atoms with E-state index in [1.807, 2.05) is 0 Å². The van der Waals surface area contributed by atoms with Crippen molar-refractivity contribution in [2.45, 2.75) is 87.9 Å². The molecule has 2 bridgehead atoms. The van der Waals surface area contributed by atoms with Gasteiger partial charge >= 0.3 is 0 Å². The van der Waals surface area contributed by atoms with Crippen molar-refractivity contribution in [2.24, 2.45) is 0 Å². The van der Waals surface area contributed by atoms with Crippen molar-refractivity contribution in [3.8, 4) is 0 Å². The van der Waals surface area contributed by atoms with Crippen LogP contribution in [0.3, 0.4) is 0 Å². The van der Waals surface area contributed by atoms with Crippen LogP contribution in [-0.2, 0) is 10.2 Å². The molecule has 0 radical (unpaired) electrons. The van der Waals surface area contributed by atoms with E-state index in [2.05, 4.69) is 22.4 Å². The third-order valence-electron chi connectivity index (χ3n) is 7.82. The molecule has 10 heteroatoms. The molecule has 32 heavy (non-hydrogen) atoms. The molecule has 2 atom stereocenters. The number of hydrogen-bond donors (Lipinski definition) is 1. The van der Waals surface area contributed by atoms with E-state index in [0.29, 0.717) is 24.5 Å². The van der Waals surface area contributed by atoms with Crippen LogP contribution in [-0.4, -0.2) is 84.3 Å². The highest BCUT2D eigenvalue weighted by Crippen LogP contribution is 2.40. The number of likely N-dealkylation sites (tertiary alicyclic amines) is 1. The van der Waals surface area contributed by atoms with E-state index < -0.39 is 10.2 Å². The van der Waals surface area contributed by atoms with Crippen LogP contribution in [0.15, 0.2) is 10.6 Å². The number of carbonyl (C=O) groups excluding carboxylic acids is 1. The quantitative estimate of drug-likeness (QED) is 0.689. The van der Waals surface area contributed by atoms with Gasteiger partial charge in [-0.3, -0.25) is 4.79 Å². The highest BCUT2D eigenvalue weighted by molar-refractivity contribution is 7.86. The van der Waals surface area contributed by atoms with Crippen LogP contribution in [0.2, 0.25) is 0 Å². The molecule has 4 heterocycles. The topological polar surface area (TPSA) is 99.0 Å². The maximum atomic E-state index is 13.6. The fraction of sp³-hybridized carbons (Fsp3) is 0.818. The number of nitrogens with one attached hydrogen (secondary N) is 1. The van der Waals surface area contributed by atoms with E-state index in [0.717, 1.165) is 63.8 Å². The SMILES string of the molecule is CN1CCC(N(C)S(=O)(=O)N2[C@H]3CCC[C@H]2CC(NC(=O)c2cc(C4CC4)on2)C3)CC1. The number of aromatic nitrogens is 1. The predicted octanol–water partition coefficient (Wildman–Crippen LogP) is 1.94. The molecular weight excluding hydrogens is 430 g/mol. The van der Waals surface area contributed by atoms with Gasteiger partial charge in [0.15, 0.2) is 5.69 Å². The Morgan fingerprint density at radius 1 is 1.12 bits per heavy atom. The number of fused-ring (bicyclic) bond motifs is 2. The zero-order valence-corrected chi connectivity index (χ0v) is 19.9. The second kappa shape index (κ2) is 8.70. The Balaban J connectivity index is 1.25. The van der Waals surface area contributed by atoms with E-state index >= 15 is 0 Å². The van der Waals surface area contributed by atoms with Gasteiger partial charge in [0.05, 0.1) is 0 Å². The molecule has 178 valence electrons. The molecule has 3 saturated heterocycles. The highest BCUT2D eigenvalue weighted by Gasteiger charge is 2.47. The second-order valence-electron chi connectivity index (χ2n) is 10.2. The number of carbonyl (C=O) groups is 1. The maximum absolute atomic E-state index is 13.6. The van der Waals surface area contributed by atoms with Gasteiger partial charge in [0.25, 0.3) is 16.1 Å². The maximum Gasteiger partial charge on any atom is 0.282 e. The zero-order valence-electron chi connectivity index (χ0n) is 19.1. The van der Waals surface area contributed by atoms with E-state index in [1.54, 1.807) is 21.7 Å². The Morgan fingerprint density at radius 3 is 2.41 bits per heavy atom. The van der Waals surface area contributed by atoms with Crippen LogP contribution in [0.4, 0.5) is 0 Å². The number of amides is 1. The summed E-state index contributed by atoms with van der Waals surface area (Å²) >= 11 is 0. The largest absolute Gasteiger partial charge is 0.360 e. The first-order chi connectivity index (χ1) is 15.3. The van der Waals surface area contributed by atoms with Crippen molar-refractivity contribution in [1.82, 2.24) is 24.0 Å². The Hall–Kier alpha value is -1.49. The number of hydrogen-bond acceptors (Lipinski definition) is 6.